The van der Waals surface area contributed by atoms with Gasteiger partial charge in [-0.1, -0.05) is 40.4 Å². The van der Waals surface area contributed by atoms with E-state index in [-0.39, 0.29) is 30.4 Å². The number of nitrogens with one attached hydrogen (secondary N) is 1. The molecule has 4 atom stereocenters. The molecule has 6 rings (SSSR count). The van der Waals surface area contributed by atoms with E-state index < -0.39 is 0 Å². The summed E-state index contributed by atoms with van der Waals surface area (Å²) in [4.78, 5) is 33.2. The Labute approximate surface area is 247 Å². The third-order valence-electron chi connectivity index (χ3n) is 8.73. The van der Waals surface area contributed by atoms with E-state index in [9.17, 15) is 14.3 Å². The van der Waals surface area contributed by atoms with Gasteiger partial charge in [0.05, 0.1) is 10.0 Å². The third kappa shape index (κ3) is 6.62. The zero-order valence-electron chi connectivity index (χ0n) is 23.2. The molecule has 3 aliphatic heterocycles. The SMILES string of the molecule is Cc1cc(C)cc(C(=O)N2CCN(C(=O)CNC3CC4CCC(C3)N(CB=O)C4)C(c3ccc(Cl)c(Cl)c3)C2)c1. The number of nitrogens with zero attached hydrogens (tertiary/aromatic N) is 3. The molecular weight excluding hydrogens is 546 g/mol. The minimum absolute atomic E-state index is 0.0101. The molecule has 3 saturated heterocycles. The first-order valence-electron chi connectivity index (χ1n) is 14.2. The number of amides is 2. The minimum atomic E-state index is -0.332. The van der Waals surface area contributed by atoms with Crippen molar-refractivity contribution in [3.05, 3.63) is 68.7 Å². The number of hydrogen-bond acceptors (Lipinski definition) is 5. The number of hydrogen-bond donors (Lipinski definition) is 1. The van der Waals surface area contributed by atoms with Crippen molar-refractivity contribution in [3.8, 4) is 0 Å². The number of aryl methyl sites for hydroxylation is 2. The van der Waals surface area contributed by atoms with Gasteiger partial charge in [-0.15, -0.1) is 0 Å². The molecule has 0 radical (unpaired) electrons. The molecule has 3 heterocycles. The monoisotopic (exact) mass is 582 g/mol. The Balaban J connectivity index is 1.30. The van der Waals surface area contributed by atoms with Crippen molar-refractivity contribution < 1.29 is 14.3 Å². The molecule has 2 aromatic rings. The van der Waals surface area contributed by atoms with E-state index in [1.54, 1.807) is 12.1 Å². The molecule has 2 amide bonds. The van der Waals surface area contributed by atoms with Crippen LogP contribution in [0, 0.1) is 19.8 Å². The van der Waals surface area contributed by atoms with Crippen LogP contribution in [0.5, 0.6) is 0 Å². The first-order valence-corrected chi connectivity index (χ1v) is 15.0. The fraction of sp³-hybridized carbons (Fsp3) is 0.533. The average molecular weight is 583 g/mol. The molecular formula is C30H37BCl2N4O3. The summed E-state index contributed by atoms with van der Waals surface area (Å²) >= 11 is 12.6. The predicted octanol–water partition coefficient (Wildman–Crippen LogP) is 4.48. The van der Waals surface area contributed by atoms with Crippen molar-refractivity contribution in [1.82, 2.24) is 20.0 Å². The van der Waals surface area contributed by atoms with Crippen LogP contribution in [0.4, 0.5) is 0 Å². The Bertz CT molecular complexity index is 1260. The zero-order valence-corrected chi connectivity index (χ0v) is 24.8. The molecule has 4 fully saturated rings. The average Bonchev–Trinajstić information content (AvgIpc) is 3.23. The standard InChI is InChI=1S/C30H37BCl2N4O3/c1-19-9-20(2)11-23(10-19)30(39)35-7-8-37(28(17-35)22-4-6-26(32)27(33)13-22)29(38)15-34-24-12-21-3-5-25(14-24)36(16-21)18-31-40/h4,6,9-11,13,21,24-25,28,34H,3,5,7-8,12,14-18H2,1-2H3. The second-order valence-corrected chi connectivity index (χ2v) is 12.5. The molecule has 40 heavy (non-hydrogen) atoms. The Hall–Kier alpha value is -2.26. The van der Waals surface area contributed by atoms with Crippen molar-refractivity contribution in [2.24, 2.45) is 5.92 Å². The number of piperazine rings is 1. The van der Waals surface area contributed by atoms with Gasteiger partial charge in [-0.2, -0.15) is 0 Å². The van der Waals surface area contributed by atoms with Gasteiger partial charge in [-0.25, -0.2) is 0 Å². The third-order valence-corrected chi connectivity index (χ3v) is 9.47. The van der Waals surface area contributed by atoms with Gasteiger partial charge in [0.15, 0.2) is 0 Å². The van der Waals surface area contributed by atoms with Crippen LogP contribution in [-0.4, -0.2) is 84.9 Å². The van der Waals surface area contributed by atoms with E-state index in [1.165, 1.54) is 6.42 Å². The summed E-state index contributed by atoms with van der Waals surface area (Å²) in [6.45, 7) is 6.46. The van der Waals surface area contributed by atoms with Crippen LogP contribution in [-0.2, 0) is 9.50 Å². The summed E-state index contributed by atoms with van der Waals surface area (Å²) in [5, 5.41) is 4.43. The van der Waals surface area contributed by atoms with Crippen LogP contribution in [0.1, 0.15) is 58.8 Å². The summed E-state index contributed by atoms with van der Waals surface area (Å²) in [5.41, 5.74) is 3.62. The zero-order chi connectivity index (χ0) is 28.4. The number of carbonyl (C=O) groups is 2. The predicted molar refractivity (Wildman–Crippen MR) is 158 cm³/mol. The van der Waals surface area contributed by atoms with E-state index in [0.717, 1.165) is 49.6 Å². The van der Waals surface area contributed by atoms with Crippen molar-refractivity contribution in [2.75, 3.05) is 39.2 Å². The van der Waals surface area contributed by atoms with Gasteiger partial charge in [0, 0.05) is 5.56 Å². The van der Waals surface area contributed by atoms with Gasteiger partial charge in [-0.05, 0) is 32.0 Å². The molecule has 1 aliphatic carbocycles. The molecule has 212 valence electrons. The number of halogens is 2. The van der Waals surface area contributed by atoms with Gasteiger partial charge in [0.2, 0.25) is 0 Å². The van der Waals surface area contributed by atoms with Crippen molar-refractivity contribution in [3.63, 3.8) is 0 Å². The van der Waals surface area contributed by atoms with Gasteiger partial charge < -0.3 is 0 Å². The maximum atomic E-state index is 13.7. The normalized spacial score (nSPS) is 25.0. The van der Waals surface area contributed by atoms with E-state index in [1.807, 2.05) is 41.8 Å². The van der Waals surface area contributed by atoms with Crippen LogP contribution in [0.25, 0.3) is 0 Å². The van der Waals surface area contributed by atoms with Crippen LogP contribution < -0.4 is 5.32 Å². The molecule has 7 nitrogen and oxygen atoms in total. The first-order chi connectivity index (χ1) is 19.2. The van der Waals surface area contributed by atoms with Crippen molar-refractivity contribution in [2.45, 2.75) is 57.7 Å². The fourth-order valence-corrected chi connectivity index (χ4v) is 7.15. The Kier molecular flexibility index (Phi) is 9.30. The van der Waals surface area contributed by atoms with E-state index >= 15 is 0 Å². The molecule has 2 bridgehead atoms. The largest absolute Gasteiger partial charge is 0.0465 e. The van der Waals surface area contributed by atoms with Gasteiger partial charge in [-0.3, -0.25) is 4.79 Å². The number of rotatable bonds is 7. The Morgan fingerprint density at radius 1 is 0.975 bits per heavy atom. The Morgan fingerprint density at radius 2 is 1.75 bits per heavy atom. The fourth-order valence-electron chi connectivity index (χ4n) is 6.84. The van der Waals surface area contributed by atoms with Crippen LogP contribution in [0.15, 0.2) is 36.4 Å². The van der Waals surface area contributed by atoms with Crippen molar-refractivity contribution in [1.29, 1.82) is 0 Å². The molecule has 4 unspecified atom stereocenters. The summed E-state index contributed by atoms with van der Waals surface area (Å²) < 4.78 is 11.1. The number of fused-ring (bicyclic) bond motifs is 4. The van der Waals surface area contributed by atoms with Gasteiger partial charge in [0.25, 0.3) is 5.91 Å². The topological polar surface area (TPSA) is 73.0 Å². The van der Waals surface area contributed by atoms with Gasteiger partial charge in [0.1, 0.15) is 0 Å². The molecule has 10 heteroatoms. The summed E-state index contributed by atoms with van der Waals surface area (Å²) in [5.74, 6) is 0.530. The quantitative estimate of drug-likeness (QED) is 0.487. The molecule has 0 spiro atoms. The molecule has 1 saturated carbocycles. The summed E-state index contributed by atoms with van der Waals surface area (Å²) in [7, 11) is 1.00. The van der Waals surface area contributed by atoms with E-state index in [2.05, 4.69) is 16.3 Å². The molecule has 2 aromatic carbocycles. The second-order valence-electron chi connectivity index (χ2n) is 11.7. The summed E-state index contributed by atoms with van der Waals surface area (Å²) in [6.07, 6.45) is 4.76. The number of piperidine rings is 1. The van der Waals surface area contributed by atoms with Crippen LogP contribution >= 0.6 is 23.2 Å². The number of benzene rings is 2. The molecule has 0 aromatic heterocycles. The van der Waals surface area contributed by atoms with Gasteiger partial charge >= 0.3 is 149 Å². The van der Waals surface area contributed by atoms with Crippen LogP contribution in [0.3, 0.4) is 0 Å². The molecule has 1 N–H and O–H groups in total. The maximum absolute atomic E-state index is 13.7. The Morgan fingerprint density at radius 3 is 2.48 bits per heavy atom. The smallest absolute Gasteiger partial charge is 0.0465 e. The second kappa shape index (κ2) is 12.7. The van der Waals surface area contributed by atoms with E-state index in [4.69, 9.17) is 23.2 Å². The van der Waals surface area contributed by atoms with Crippen LogP contribution in [0.2, 0.25) is 10.0 Å². The van der Waals surface area contributed by atoms with E-state index in [0.29, 0.717) is 53.6 Å². The summed E-state index contributed by atoms with van der Waals surface area (Å²) in [6, 6.07) is 11.6. The first kappa shape index (κ1) is 29.2. The minimum Gasteiger partial charge on any atom is -0.0465 e. The maximum Gasteiger partial charge on any atom is -0.0465 e. The van der Waals surface area contributed by atoms with Crippen molar-refractivity contribution >= 4 is 42.2 Å². The number of carbonyl (C=O) groups excluding carboxylic acids is 2. The molecule has 4 aliphatic rings.